The van der Waals surface area contributed by atoms with E-state index in [0.29, 0.717) is 6.61 Å². The summed E-state index contributed by atoms with van der Waals surface area (Å²) in [5.41, 5.74) is 0. The second-order valence-electron chi connectivity index (χ2n) is 3.51. The van der Waals surface area contributed by atoms with E-state index >= 15 is 0 Å². The van der Waals surface area contributed by atoms with Crippen LogP contribution < -0.4 is 0 Å². The molecule has 11 heavy (non-hydrogen) atoms. The molecule has 0 bridgehead atoms. The van der Waals surface area contributed by atoms with E-state index in [9.17, 15) is 0 Å². The Morgan fingerprint density at radius 1 is 1.55 bits per heavy atom. The molecule has 2 heteroatoms. The van der Waals surface area contributed by atoms with Crippen LogP contribution in [0.15, 0.2) is 0 Å². The predicted molar refractivity (Wildman–Crippen MR) is 44.5 cm³/mol. The Balaban J connectivity index is 1.80. The summed E-state index contributed by atoms with van der Waals surface area (Å²) in [6.07, 6.45) is 5.06. The van der Waals surface area contributed by atoms with Gasteiger partial charge in [0, 0.05) is 6.61 Å². The summed E-state index contributed by atoms with van der Waals surface area (Å²) in [5.74, 6) is 0.920. The van der Waals surface area contributed by atoms with Crippen molar-refractivity contribution in [3.05, 3.63) is 0 Å². The Morgan fingerprint density at radius 2 is 2.27 bits per heavy atom. The van der Waals surface area contributed by atoms with Gasteiger partial charge in [-0.15, -0.1) is 0 Å². The molecular weight excluding hydrogens is 140 g/mol. The third-order valence-corrected chi connectivity index (χ3v) is 2.25. The molecular formula is C9H18O2. The minimum atomic E-state index is -0.309. The predicted octanol–water partition coefficient (Wildman–Crippen LogP) is 1.57. The molecule has 1 aliphatic rings. The zero-order valence-corrected chi connectivity index (χ0v) is 7.25. The molecule has 1 aliphatic carbocycles. The average molecular weight is 158 g/mol. The number of aliphatic hydroxyl groups is 1. The molecule has 0 amide bonds. The summed E-state index contributed by atoms with van der Waals surface area (Å²) >= 11 is 0. The third kappa shape index (κ3) is 3.73. The van der Waals surface area contributed by atoms with Crippen molar-refractivity contribution >= 4 is 0 Å². The van der Waals surface area contributed by atoms with Crippen molar-refractivity contribution in [1.82, 2.24) is 0 Å². The van der Waals surface area contributed by atoms with Gasteiger partial charge in [-0.1, -0.05) is 19.3 Å². The monoisotopic (exact) mass is 158 g/mol. The van der Waals surface area contributed by atoms with E-state index in [-0.39, 0.29) is 6.10 Å². The second kappa shape index (κ2) is 4.73. The van der Waals surface area contributed by atoms with Crippen LogP contribution in [0.1, 0.15) is 32.6 Å². The molecule has 0 spiro atoms. The molecule has 0 aromatic rings. The number of hydrogen-bond donors (Lipinski definition) is 1. The van der Waals surface area contributed by atoms with Crippen LogP contribution in [-0.4, -0.2) is 24.4 Å². The topological polar surface area (TPSA) is 29.5 Å². The fraction of sp³-hybridized carbons (Fsp3) is 1.00. The molecule has 0 aromatic carbocycles. The Morgan fingerprint density at radius 3 is 2.73 bits per heavy atom. The van der Waals surface area contributed by atoms with Crippen molar-refractivity contribution in [2.24, 2.45) is 5.92 Å². The Labute approximate surface area is 68.6 Å². The van der Waals surface area contributed by atoms with E-state index in [2.05, 4.69) is 0 Å². The highest BCUT2D eigenvalue weighted by atomic mass is 16.5. The van der Waals surface area contributed by atoms with Gasteiger partial charge < -0.3 is 9.84 Å². The Hall–Kier alpha value is -0.0800. The summed E-state index contributed by atoms with van der Waals surface area (Å²) in [6, 6.07) is 0. The largest absolute Gasteiger partial charge is 0.391 e. The first-order chi connectivity index (χ1) is 5.29. The van der Waals surface area contributed by atoms with E-state index in [1.807, 2.05) is 0 Å². The molecule has 0 aromatic heterocycles. The van der Waals surface area contributed by atoms with E-state index in [1.54, 1.807) is 6.92 Å². The first-order valence-corrected chi connectivity index (χ1v) is 4.55. The van der Waals surface area contributed by atoms with Crippen LogP contribution in [0.3, 0.4) is 0 Å². The molecule has 1 N–H and O–H groups in total. The average Bonchev–Trinajstić information content (AvgIpc) is 1.82. The van der Waals surface area contributed by atoms with Gasteiger partial charge in [-0.3, -0.25) is 0 Å². The smallest absolute Gasteiger partial charge is 0.0745 e. The van der Waals surface area contributed by atoms with Crippen LogP contribution in [0, 0.1) is 5.92 Å². The minimum absolute atomic E-state index is 0.309. The molecule has 0 aliphatic heterocycles. The van der Waals surface area contributed by atoms with Gasteiger partial charge in [0.2, 0.25) is 0 Å². The molecule has 1 atom stereocenters. The van der Waals surface area contributed by atoms with Crippen LogP contribution in [0.5, 0.6) is 0 Å². The highest BCUT2D eigenvalue weighted by Crippen LogP contribution is 2.28. The van der Waals surface area contributed by atoms with Gasteiger partial charge in [0.25, 0.3) is 0 Å². The van der Waals surface area contributed by atoms with E-state index in [0.717, 1.165) is 12.5 Å². The lowest BCUT2D eigenvalue weighted by Gasteiger charge is -2.24. The van der Waals surface area contributed by atoms with Crippen LogP contribution in [0.2, 0.25) is 0 Å². The Kier molecular flexibility index (Phi) is 3.87. The number of rotatable bonds is 5. The lowest BCUT2D eigenvalue weighted by Crippen LogP contribution is -2.16. The van der Waals surface area contributed by atoms with Crippen LogP contribution in [-0.2, 0) is 4.74 Å². The summed E-state index contributed by atoms with van der Waals surface area (Å²) in [5, 5.41) is 8.86. The summed E-state index contributed by atoms with van der Waals surface area (Å²) in [6.45, 7) is 3.08. The van der Waals surface area contributed by atoms with E-state index in [1.165, 1.54) is 25.7 Å². The van der Waals surface area contributed by atoms with Crippen molar-refractivity contribution in [1.29, 1.82) is 0 Å². The van der Waals surface area contributed by atoms with Gasteiger partial charge in [-0.05, 0) is 19.3 Å². The van der Waals surface area contributed by atoms with E-state index < -0.39 is 0 Å². The molecule has 0 heterocycles. The molecule has 0 radical (unpaired) electrons. The first-order valence-electron chi connectivity index (χ1n) is 4.55. The number of ether oxygens (including phenoxy) is 1. The van der Waals surface area contributed by atoms with Gasteiger partial charge in [-0.25, -0.2) is 0 Å². The van der Waals surface area contributed by atoms with Gasteiger partial charge in [0.1, 0.15) is 0 Å². The Bertz CT molecular complexity index is 97.7. The number of aliphatic hydroxyl groups excluding tert-OH is 1. The molecule has 1 fully saturated rings. The van der Waals surface area contributed by atoms with Crippen LogP contribution in [0.4, 0.5) is 0 Å². The molecule has 0 saturated heterocycles. The quantitative estimate of drug-likeness (QED) is 0.615. The van der Waals surface area contributed by atoms with Gasteiger partial charge in [-0.2, -0.15) is 0 Å². The molecule has 0 unspecified atom stereocenters. The van der Waals surface area contributed by atoms with E-state index in [4.69, 9.17) is 9.84 Å². The van der Waals surface area contributed by atoms with Gasteiger partial charge >= 0.3 is 0 Å². The zero-order valence-electron chi connectivity index (χ0n) is 7.25. The maximum atomic E-state index is 8.86. The SMILES string of the molecule is C[C@@H](O)COCCC1CCC1. The minimum Gasteiger partial charge on any atom is -0.391 e. The van der Waals surface area contributed by atoms with Crippen molar-refractivity contribution in [2.75, 3.05) is 13.2 Å². The lowest BCUT2D eigenvalue weighted by molar-refractivity contribution is 0.0358. The normalized spacial score (nSPS) is 21.3. The van der Waals surface area contributed by atoms with Crippen molar-refractivity contribution in [3.63, 3.8) is 0 Å². The van der Waals surface area contributed by atoms with Gasteiger partial charge in [0.05, 0.1) is 12.7 Å². The fourth-order valence-electron chi connectivity index (χ4n) is 1.29. The highest BCUT2D eigenvalue weighted by Gasteiger charge is 2.16. The van der Waals surface area contributed by atoms with Gasteiger partial charge in [0.15, 0.2) is 0 Å². The summed E-state index contributed by atoms with van der Waals surface area (Å²) < 4.78 is 5.25. The molecule has 66 valence electrons. The highest BCUT2D eigenvalue weighted by molar-refractivity contribution is 4.68. The standard InChI is InChI=1S/C9H18O2/c1-8(10)7-11-6-5-9-3-2-4-9/h8-10H,2-7H2,1H3/t8-/m1/s1. The maximum absolute atomic E-state index is 8.86. The number of hydrogen-bond acceptors (Lipinski definition) is 2. The molecule has 1 rings (SSSR count). The summed E-state index contributed by atoms with van der Waals surface area (Å²) in [4.78, 5) is 0. The first kappa shape index (κ1) is 9.01. The van der Waals surface area contributed by atoms with Crippen LogP contribution in [0.25, 0.3) is 0 Å². The maximum Gasteiger partial charge on any atom is 0.0745 e. The zero-order chi connectivity index (χ0) is 8.10. The van der Waals surface area contributed by atoms with Crippen molar-refractivity contribution in [3.8, 4) is 0 Å². The lowest BCUT2D eigenvalue weighted by atomic mass is 9.83. The molecule has 2 nitrogen and oxygen atoms in total. The molecule has 1 saturated carbocycles. The second-order valence-corrected chi connectivity index (χ2v) is 3.51. The third-order valence-electron chi connectivity index (χ3n) is 2.25. The van der Waals surface area contributed by atoms with Crippen molar-refractivity contribution in [2.45, 2.75) is 38.7 Å². The fourth-order valence-corrected chi connectivity index (χ4v) is 1.29. The van der Waals surface area contributed by atoms with Crippen molar-refractivity contribution < 1.29 is 9.84 Å². The summed E-state index contributed by atoms with van der Waals surface area (Å²) in [7, 11) is 0. The van der Waals surface area contributed by atoms with Crippen LogP contribution >= 0.6 is 0 Å².